The Labute approximate surface area is 162 Å². The highest BCUT2D eigenvalue weighted by Gasteiger charge is 2.20. The largest absolute Gasteiger partial charge is 0.324 e. The molecule has 9 heteroatoms. The fourth-order valence-electron chi connectivity index (χ4n) is 2.56. The van der Waals surface area contributed by atoms with Gasteiger partial charge in [0.15, 0.2) is 5.16 Å². The highest BCUT2D eigenvalue weighted by molar-refractivity contribution is 8.00. The van der Waals surface area contributed by atoms with Crippen LogP contribution in [0.2, 0.25) is 10.0 Å². The van der Waals surface area contributed by atoms with Gasteiger partial charge in [-0.05, 0) is 37.3 Å². The number of benzene rings is 2. The van der Waals surface area contributed by atoms with Gasteiger partial charge in [0.05, 0.1) is 27.0 Å². The maximum Gasteiger partial charge on any atom is 0.237 e. The smallest absolute Gasteiger partial charge is 0.237 e. The number of aromatic nitrogens is 4. The normalized spacial score (nSPS) is 12.6. The second-order valence-electron chi connectivity index (χ2n) is 5.64. The molecule has 0 radical (unpaired) electrons. The first kappa shape index (κ1) is 17.2. The van der Waals surface area contributed by atoms with Crippen LogP contribution in [0.3, 0.4) is 0 Å². The topological polar surface area (TPSA) is 75.1 Å². The van der Waals surface area contributed by atoms with Gasteiger partial charge >= 0.3 is 0 Å². The Balaban J connectivity index is 1.57. The van der Waals surface area contributed by atoms with Crippen LogP contribution < -0.4 is 5.32 Å². The number of thioether (sulfide) groups is 1. The summed E-state index contributed by atoms with van der Waals surface area (Å²) in [5.74, 6) is 0.460. The van der Waals surface area contributed by atoms with Crippen molar-refractivity contribution in [3.05, 3.63) is 52.5 Å². The zero-order chi connectivity index (χ0) is 18.3. The van der Waals surface area contributed by atoms with Crippen molar-refractivity contribution in [1.29, 1.82) is 0 Å². The first-order valence-electron chi connectivity index (χ1n) is 7.77. The molecule has 1 atom stereocenters. The Bertz CT molecular complexity index is 1120. The predicted octanol–water partition coefficient (Wildman–Crippen LogP) is 4.64. The van der Waals surface area contributed by atoms with E-state index in [0.29, 0.717) is 26.7 Å². The molecular weight excluding hydrogens is 393 g/mol. The van der Waals surface area contributed by atoms with Crippen molar-refractivity contribution in [2.24, 2.45) is 0 Å². The molecule has 0 saturated carbocycles. The molecule has 0 fully saturated rings. The molecule has 0 bridgehead atoms. The van der Waals surface area contributed by atoms with Crippen molar-refractivity contribution < 1.29 is 4.79 Å². The molecule has 2 heterocycles. The fraction of sp³-hybridized carbons (Fsp3) is 0.118. The van der Waals surface area contributed by atoms with E-state index in [2.05, 4.69) is 20.5 Å². The monoisotopic (exact) mass is 405 g/mol. The van der Waals surface area contributed by atoms with Gasteiger partial charge in [0.25, 0.3) is 0 Å². The number of carbonyl (C=O) groups is 1. The molecule has 0 spiro atoms. The van der Waals surface area contributed by atoms with E-state index in [0.717, 1.165) is 11.0 Å². The first-order valence-corrected chi connectivity index (χ1v) is 9.40. The van der Waals surface area contributed by atoms with E-state index >= 15 is 0 Å². The standard InChI is InChI=1S/C17H13Cl2N5OS/c1-9(15(25)20-12-7-6-10(18)8-11(12)19)26-17-23-22-16-21-13-4-2-3-5-14(13)24(16)17/h2-9H,1H3,(H,20,25)(H,21,22). The molecule has 6 nitrogen and oxygen atoms in total. The van der Waals surface area contributed by atoms with Gasteiger partial charge in [-0.25, -0.2) is 10.1 Å². The summed E-state index contributed by atoms with van der Waals surface area (Å²) in [6.45, 7) is 1.81. The Morgan fingerprint density at radius 1 is 1.27 bits per heavy atom. The van der Waals surface area contributed by atoms with Crippen LogP contribution in [0.5, 0.6) is 0 Å². The van der Waals surface area contributed by atoms with Gasteiger partial charge < -0.3 is 5.32 Å². The lowest BCUT2D eigenvalue weighted by Gasteiger charge is -2.12. The number of fused-ring (bicyclic) bond motifs is 3. The average molecular weight is 406 g/mol. The zero-order valence-electron chi connectivity index (χ0n) is 13.5. The number of carbonyl (C=O) groups excluding carboxylic acids is 1. The van der Waals surface area contributed by atoms with Crippen molar-refractivity contribution in [2.45, 2.75) is 17.3 Å². The number of amides is 1. The molecular formula is C17H13Cl2N5OS. The summed E-state index contributed by atoms with van der Waals surface area (Å²) in [5.41, 5.74) is 2.33. The van der Waals surface area contributed by atoms with Crippen LogP contribution in [-0.4, -0.2) is 30.7 Å². The molecule has 0 saturated heterocycles. The van der Waals surface area contributed by atoms with Crippen LogP contribution in [0.4, 0.5) is 5.69 Å². The number of nitrogens with one attached hydrogen (secondary N) is 2. The Hall–Kier alpha value is -2.22. The Morgan fingerprint density at radius 3 is 2.88 bits per heavy atom. The Kier molecular flexibility index (Phi) is 4.52. The number of aromatic amines is 1. The van der Waals surface area contributed by atoms with E-state index < -0.39 is 5.25 Å². The number of H-pyrrole nitrogens is 1. The van der Waals surface area contributed by atoms with E-state index in [1.54, 1.807) is 18.2 Å². The Morgan fingerprint density at radius 2 is 2.08 bits per heavy atom. The summed E-state index contributed by atoms with van der Waals surface area (Å²) in [5, 5.41) is 11.2. The lowest BCUT2D eigenvalue weighted by Crippen LogP contribution is -2.22. The molecule has 132 valence electrons. The van der Waals surface area contributed by atoms with Crippen molar-refractivity contribution in [3.8, 4) is 0 Å². The minimum absolute atomic E-state index is 0.181. The number of halogens is 2. The van der Waals surface area contributed by atoms with Crippen LogP contribution in [-0.2, 0) is 4.79 Å². The van der Waals surface area contributed by atoms with Gasteiger partial charge in [0, 0.05) is 5.02 Å². The van der Waals surface area contributed by atoms with Gasteiger partial charge in [-0.1, -0.05) is 47.1 Å². The van der Waals surface area contributed by atoms with E-state index in [1.165, 1.54) is 11.8 Å². The van der Waals surface area contributed by atoms with E-state index in [9.17, 15) is 4.79 Å². The van der Waals surface area contributed by atoms with Crippen LogP contribution >= 0.6 is 35.0 Å². The number of rotatable bonds is 4. The number of hydrogen-bond acceptors (Lipinski definition) is 4. The zero-order valence-corrected chi connectivity index (χ0v) is 15.9. The molecule has 0 aliphatic rings. The van der Waals surface area contributed by atoms with E-state index in [-0.39, 0.29) is 5.91 Å². The van der Waals surface area contributed by atoms with Gasteiger partial charge in [0.1, 0.15) is 0 Å². The van der Waals surface area contributed by atoms with Crippen molar-refractivity contribution in [3.63, 3.8) is 0 Å². The molecule has 4 rings (SSSR count). The van der Waals surface area contributed by atoms with Crippen LogP contribution in [0.25, 0.3) is 16.8 Å². The van der Waals surface area contributed by atoms with E-state index in [4.69, 9.17) is 23.2 Å². The number of hydrogen-bond donors (Lipinski definition) is 2. The average Bonchev–Trinajstić information content (AvgIpc) is 3.17. The highest BCUT2D eigenvalue weighted by atomic mass is 35.5. The first-order chi connectivity index (χ1) is 12.5. The maximum atomic E-state index is 12.5. The molecule has 4 aromatic rings. The molecule has 2 N–H and O–H groups in total. The summed E-state index contributed by atoms with van der Waals surface area (Å²) < 4.78 is 1.90. The van der Waals surface area contributed by atoms with Crippen molar-refractivity contribution in [1.82, 2.24) is 19.6 Å². The quantitative estimate of drug-likeness (QED) is 0.485. The lowest BCUT2D eigenvalue weighted by atomic mass is 10.3. The molecule has 26 heavy (non-hydrogen) atoms. The predicted molar refractivity (Wildman–Crippen MR) is 105 cm³/mol. The number of nitrogens with zero attached hydrogens (tertiary/aromatic N) is 3. The molecule has 1 amide bonds. The van der Waals surface area contributed by atoms with Gasteiger partial charge in [0.2, 0.25) is 11.7 Å². The van der Waals surface area contributed by atoms with Crippen LogP contribution in [0, 0.1) is 0 Å². The summed E-state index contributed by atoms with van der Waals surface area (Å²) in [6.07, 6.45) is 0. The van der Waals surface area contributed by atoms with Gasteiger partial charge in [-0.3, -0.25) is 9.20 Å². The third kappa shape index (κ3) is 3.13. The molecule has 2 aromatic heterocycles. The van der Waals surface area contributed by atoms with Gasteiger partial charge in [-0.2, -0.15) is 0 Å². The maximum absolute atomic E-state index is 12.5. The fourth-order valence-corrected chi connectivity index (χ4v) is 3.88. The van der Waals surface area contributed by atoms with E-state index in [1.807, 2.05) is 35.6 Å². The van der Waals surface area contributed by atoms with Crippen LogP contribution in [0.1, 0.15) is 6.92 Å². The SMILES string of the molecule is CC(Sc1n[nH]c2nc3ccccc3n12)C(=O)Nc1ccc(Cl)cc1Cl. The minimum Gasteiger partial charge on any atom is -0.324 e. The van der Waals surface area contributed by atoms with Crippen molar-refractivity contribution >= 4 is 63.4 Å². The molecule has 0 aliphatic carbocycles. The summed E-state index contributed by atoms with van der Waals surface area (Å²) in [7, 11) is 0. The number of para-hydroxylation sites is 2. The number of imidazole rings is 1. The second kappa shape index (κ2) is 6.83. The van der Waals surface area contributed by atoms with Gasteiger partial charge in [-0.15, -0.1) is 5.10 Å². The van der Waals surface area contributed by atoms with Crippen molar-refractivity contribution in [2.75, 3.05) is 5.32 Å². The third-order valence-corrected chi connectivity index (χ3v) is 5.44. The summed E-state index contributed by atoms with van der Waals surface area (Å²) >= 11 is 13.3. The third-order valence-electron chi connectivity index (χ3n) is 3.84. The van der Waals surface area contributed by atoms with Crippen LogP contribution in [0.15, 0.2) is 47.6 Å². The number of anilines is 1. The highest BCUT2D eigenvalue weighted by Crippen LogP contribution is 2.29. The molecule has 2 aromatic carbocycles. The lowest BCUT2D eigenvalue weighted by molar-refractivity contribution is -0.115. The second-order valence-corrected chi connectivity index (χ2v) is 7.79. The summed E-state index contributed by atoms with van der Waals surface area (Å²) in [4.78, 5) is 17.0. The molecule has 0 aliphatic heterocycles. The summed E-state index contributed by atoms with van der Waals surface area (Å²) in [6, 6.07) is 12.7. The minimum atomic E-state index is -0.394. The molecule has 1 unspecified atom stereocenters.